The minimum absolute atomic E-state index is 0.00669. The van der Waals surface area contributed by atoms with Gasteiger partial charge in [0.2, 0.25) is 0 Å². The molecule has 2 N–H and O–H groups in total. The summed E-state index contributed by atoms with van der Waals surface area (Å²) in [7, 11) is 2.98. The topological polar surface area (TPSA) is 124 Å². The van der Waals surface area contributed by atoms with E-state index in [0.717, 1.165) is 0 Å². The molecule has 0 atom stereocenters. The Balaban J connectivity index is 2.47. The third-order valence-electron chi connectivity index (χ3n) is 4.41. The molecule has 0 amide bonds. The number of pyridine rings is 1. The van der Waals surface area contributed by atoms with Gasteiger partial charge in [-0.05, 0) is 30.2 Å². The van der Waals surface area contributed by atoms with Crippen molar-refractivity contribution in [2.45, 2.75) is 20.4 Å². The summed E-state index contributed by atoms with van der Waals surface area (Å²) in [5.41, 5.74) is -0.969. The third-order valence-corrected chi connectivity index (χ3v) is 4.41. The van der Waals surface area contributed by atoms with Crippen molar-refractivity contribution in [1.29, 1.82) is 0 Å². The zero-order valence-electron chi connectivity index (χ0n) is 16.5. The Bertz CT molecular complexity index is 1210. The van der Waals surface area contributed by atoms with Gasteiger partial charge in [-0.1, -0.05) is 13.8 Å². The number of nitrogens with one attached hydrogen (secondary N) is 1. The van der Waals surface area contributed by atoms with E-state index in [-0.39, 0.29) is 34.8 Å². The van der Waals surface area contributed by atoms with Crippen LogP contribution in [0, 0.1) is 5.92 Å². The van der Waals surface area contributed by atoms with Gasteiger partial charge in [0.15, 0.2) is 5.65 Å². The van der Waals surface area contributed by atoms with Gasteiger partial charge in [-0.3, -0.25) is 14.3 Å². The van der Waals surface area contributed by atoms with Crippen LogP contribution in [-0.2, 0) is 6.54 Å². The summed E-state index contributed by atoms with van der Waals surface area (Å²) in [6.45, 7) is 4.06. The van der Waals surface area contributed by atoms with Crippen LogP contribution in [0.1, 0.15) is 24.2 Å². The van der Waals surface area contributed by atoms with Crippen LogP contribution in [0.2, 0.25) is 0 Å². The van der Waals surface area contributed by atoms with Crippen LogP contribution in [0.5, 0.6) is 11.5 Å². The summed E-state index contributed by atoms with van der Waals surface area (Å²) in [6, 6.07) is 6.30. The number of H-pyrrole nitrogens is 1. The number of hydrogen-bond acceptors (Lipinski definition) is 6. The molecule has 0 unspecified atom stereocenters. The number of fused-ring (bicyclic) bond motifs is 1. The molecule has 9 heteroatoms. The molecule has 1 aromatic carbocycles. The highest BCUT2D eigenvalue weighted by Gasteiger charge is 2.21. The predicted molar refractivity (Wildman–Crippen MR) is 107 cm³/mol. The van der Waals surface area contributed by atoms with Crippen LogP contribution in [0.15, 0.2) is 33.9 Å². The Morgan fingerprint density at radius 2 is 1.93 bits per heavy atom. The average molecular weight is 399 g/mol. The second-order valence-electron chi connectivity index (χ2n) is 6.89. The van der Waals surface area contributed by atoms with E-state index < -0.39 is 17.2 Å². The van der Waals surface area contributed by atoms with Crippen molar-refractivity contribution < 1.29 is 19.4 Å². The minimum atomic E-state index is -1.30. The molecular weight excluding hydrogens is 378 g/mol. The van der Waals surface area contributed by atoms with Crippen molar-refractivity contribution in [3.05, 3.63) is 50.7 Å². The lowest BCUT2D eigenvalue weighted by Crippen LogP contribution is -2.33. The van der Waals surface area contributed by atoms with Crippen molar-refractivity contribution in [1.82, 2.24) is 14.5 Å². The molecule has 3 rings (SSSR count). The Kier molecular flexibility index (Phi) is 5.40. The van der Waals surface area contributed by atoms with E-state index in [2.05, 4.69) is 9.97 Å². The molecule has 0 saturated heterocycles. The number of aromatic amines is 1. The highest BCUT2D eigenvalue weighted by Crippen LogP contribution is 2.33. The Morgan fingerprint density at radius 1 is 1.21 bits per heavy atom. The molecule has 0 bridgehead atoms. The van der Waals surface area contributed by atoms with E-state index in [9.17, 15) is 19.5 Å². The van der Waals surface area contributed by atoms with Gasteiger partial charge in [0.05, 0.1) is 30.9 Å². The SMILES string of the molecule is COc1ccc(OC)c(-c2cc(C(=O)O)c3c(=O)[nH]c(=O)n(CC(C)C)c3n2)c1. The Morgan fingerprint density at radius 3 is 2.52 bits per heavy atom. The van der Waals surface area contributed by atoms with Crippen molar-refractivity contribution in [3.8, 4) is 22.8 Å². The zero-order valence-corrected chi connectivity index (χ0v) is 16.5. The smallest absolute Gasteiger partial charge is 0.336 e. The number of methoxy groups -OCH3 is 2. The maximum absolute atomic E-state index is 12.4. The molecule has 9 nitrogen and oxygen atoms in total. The first-order valence-corrected chi connectivity index (χ1v) is 8.90. The molecule has 152 valence electrons. The number of hydrogen-bond donors (Lipinski definition) is 2. The fourth-order valence-corrected chi connectivity index (χ4v) is 3.13. The quantitative estimate of drug-likeness (QED) is 0.651. The lowest BCUT2D eigenvalue weighted by molar-refractivity contribution is 0.0699. The van der Waals surface area contributed by atoms with Crippen molar-refractivity contribution in [2.24, 2.45) is 5.92 Å². The first-order valence-electron chi connectivity index (χ1n) is 8.90. The maximum atomic E-state index is 12.4. The summed E-state index contributed by atoms with van der Waals surface area (Å²) in [5.74, 6) is -0.283. The van der Waals surface area contributed by atoms with Gasteiger partial charge in [-0.15, -0.1) is 0 Å². The second kappa shape index (κ2) is 7.78. The Labute approximate surface area is 165 Å². The monoisotopic (exact) mass is 399 g/mol. The first-order chi connectivity index (χ1) is 13.8. The summed E-state index contributed by atoms with van der Waals surface area (Å²) in [6.07, 6.45) is 0. The number of carboxylic acid groups (broad SMARTS) is 1. The molecule has 0 spiro atoms. The number of carboxylic acids is 1. The van der Waals surface area contributed by atoms with Crippen LogP contribution in [0.3, 0.4) is 0 Å². The largest absolute Gasteiger partial charge is 0.497 e. The van der Waals surface area contributed by atoms with E-state index >= 15 is 0 Å². The van der Waals surface area contributed by atoms with Crippen molar-refractivity contribution in [3.63, 3.8) is 0 Å². The van der Waals surface area contributed by atoms with Gasteiger partial charge in [-0.25, -0.2) is 14.6 Å². The Hall–Kier alpha value is -3.62. The van der Waals surface area contributed by atoms with E-state index in [1.165, 1.54) is 24.9 Å². The lowest BCUT2D eigenvalue weighted by Gasteiger charge is -2.15. The maximum Gasteiger partial charge on any atom is 0.336 e. The number of ether oxygens (including phenoxy) is 2. The predicted octanol–water partition coefficient (Wildman–Crippen LogP) is 2.12. The van der Waals surface area contributed by atoms with Gasteiger partial charge in [0, 0.05) is 12.1 Å². The lowest BCUT2D eigenvalue weighted by atomic mass is 10.0. The number of carbonyl (C=O) groups is 1. The van der Waals surface area contributed by atoms with Crippen LogP contribution in [-0.4, -0.2) is 39.8 Å². The molecule has 3 aromatic rings. The van der Waals surface area contributed by atoms with Crippen LogP contribution in [0.25, 0.3) is 22.3 Å². The van der Waals surface area contributed by atoms with E-state index in [1.807, 2.05) is 13.8 Å². The number of aromatic nitrogens is 3. The minimum Gasteiger partial charge on any atom is -0.497 e. The van der Waals surface area contributed by atoms with Gasteiger partial charge in [0.25, 0.3) is 5.56 Å². The van der Waals surface area contributed by atoms with Crippen LogP contribution in [0.4, 0.5) is 0 Å². The fourth-order valence-electron chi connectivity index (χ4n) is 3.13. The third kappa shape index (κ3) is 3.71. The molecule has 0 aliphatic heterocycles. The van der Waals surface area contributed by atoms with E-state index in [0.29, 0.717) is 17.1 Å². The van der Waals surface area contributed by atoms with Crippen molar-refractivity contribution >= 4 is 17.0 Å². The van der Waals surface area contributed by atoms with Gasteiger partial charge >= 0.3 is 11.7 Å². The molecule has 0 fully saturated rings. The molecule has 0 aliphatic rings. The second-order valence-corrected chi connectivity index (χ2v) is 6.89. The molecule has 2 aromatic heterocycles. The summed E-state index contributed by atoms with van der Waals surface area (Å²) < 4.78 is 11.9. The number of nitrogens with zero attached hydrogens (tertiary/aromatic N) is 2. The molecule has 2 heterocycles. The van der Waals surface area contributed by atoms with E-state index in [1.54, 1.807) is 18.2 Å². The number of aromatic carboxylic acids is 1. The molecular formula is C20H21N3O6. The normalized spacial score (nSPS) is 11.1. The standard InChI is InChI=1S/C20H21N3O6/c1-10(2)9-23-17-16(18(24)22-20(23)27)13(19(25)26)8-14(21-17)12-7-11(28-3)5-6-15(12)29-4/h5-8,10H,9H2,1-4H3,(H,25,26)(H,22,24,27). The molecule has 0 saturated carbocycles. The average Bonchev–Trinajstić information content (AvgIpc) is 2.69. The van der Waals surface area contributed by atoms with E-state index in [4.69, 9.17) is 9.47 Å². The van der Waals surface area contributed by atoms with Crippen molar-refractivity contribution in [2.75, 3.05) is 14.2 Å². The summed E-state index contributed by atoms with van der Waals surface area (Å²) >= 11 is 0. The van der Waals surface area contributed by atoms with Gasteiger partial charge in [-0.2, -0.15) is 0 Å². The fraction of sp³-hybridized carbons (Fsp3) is 0.300. The number of benzene rings is 1. The van der Waals surface area contributed by atoms with Crippen LogP contribution < -0.4 is 20.7 Å². The van der Waals surface area contributed by atoms with Gasteiger partial charge < -0.3 is 14.6 Å². The first kappa shape index (κ1) is 20.1. The van der Waals surface area contributed by atoms with Crippen LogP contribution >= 0.6 is 0 Å². The molecule has 0 aliphatic carbocycles. The number of rotatable bonds is 6. The highest BCUT2D eigenvalue weighted by molar-refractivity contribution is 6.02. The molecule has 0 radical (unpaired) electrons. The molecule has 29 heavy (non-hydrogen) atoms. The highest BCUT2D eigenvalue weighted by atomic mass is 16.5. The van der Waals surface area contributed by atoms with Gasteiger partial charge in [0.1, 0.15) is 11.5 Å². The zero-order chi connectivity index (χ0) is 21.3. The summed E-state index contributed by atoms with van der Waals surface area (Å²) in [5, 5.41) is 9.57. The summed E-state index contributed by atoms with van der Waals surface area (Å²) in [4.78, 5) is 43.4.